The third-order valence-corrected chi connectivity index (χ3v) is 5.52. The van der Waals surface area contributed by atoms with Crippen molar-refractivity contribution >= 4 is 44.7 Å². The van der Waals surface area contributed by atoms with E-state index >= 15 is 0 Å². The van der Waals surface area contributed by atoms with Crippen LogP contribution in [0.1, 0.15) is 41.9 Å². The van der Waals surface area contributed by atoms with Crippen molar-refractivity contribution in [1.82, 2.24) is 9.55 Å². The quantitative estimate of drug-likeness (QED) is 0.661. The fourth-order valence-electron chi connectivity index (χ4n) is 2.93. The van der Waals surface area contributed by atoms with E-state index in [1.54, 1.807) is 42.1 Å². The molecular weight excluding hydrogens is 376 g/mol. The Labute approximate surface area is 166 Å². The monoisotopic (exact) mass is 398 g/mol. The third-order valence-electron chi connectivity index (χ3n) is 4.32. The van der Waals surface area contributed by atoms with Gasteiger partial charge in [-0.2, -0.15) is 0 Å². The van der Waals surface area contributed by atoms with Gasteiger partial charge in [0.2, 0.25) is 5.91 Å². The summed E-state index contributed by atoms with van der Waals surface area (Å²) >= 11 is 1.21. The number of carbonyl (C=O) groups excluding carboxylic acids is 2. The molecule has 2 aromatic heterocycles. The molecule has 0 saturated carbocycles. The number of fused-ring (bicyclic) bond motifs is 1. The van der Waals surface area contributed by atoms with Crippen LogP contribution in [-0.4, -0.2) is 21.4 Å². The number of unbranched alkanes of at least 4 members (excludes halogenated alkanes) is 1. The first-order valence-electron chi connectivity index (χ1n) is 9.08. The molecule has 0 aliphatic carbocycles. The zero-order chi connectivity index (χ0) is 20.3. The highest BCUT2D eigenvalue weighted by atomic mass is 32.1. The Hall–Kier alpha value is -3.00. The van der Waals surface area contributed by atoms with Gasteiger partial charge in [0, 0.05) is 24.8 Å². The van der Waals surface area contributed by atoms with Crippen LogP contribution in [0, 0.1) is 6.92 Å². The molecule has 0 spiro atoms. The summed E-state index contributed by atoms with van der Waals surface area (Å²) in [6, 6.07) is 6.90. The number of anilines is 2. The molecule has 2 amide bonds. The molecule has 0 radical (unpaired) electrons. The van der Waals surface area contributed by atoms with Crippen LogP contribution in [-0.2, 0) is 11.3 Å². The van der Waals surface area contributed by atoms with E-state index < -0.39 is 0 Å². The van der Waals surface area contributed by atoms with Gasteiger partial charge in [0.15, 0.2) is 0 Å². The maximum atomic E-state index is 12.8. The van der Waals surface area contributed by atoms with Gasteiger partial charge in [-0.15, -0.1) is 11.3 Å². The Balaban J connectivity index is 1.90. The summed E-state index contributed by atoms with van der Waals surface area (Å²) in [4.78, 5) is 42.1. The van der Waals surface area contributed by atoms with E-state index in [9.17, 15) is 14.4 Å². The second kappa shape index (κ2) is 8.35. The van der Waals surface area contributed by atoms with Crippen molar-refractivity contribution in [2.45, 2.75) is 40.2 Å². The number of hydrogen-bond acceptors (Lipinski definition) is 5. The molecule has 0 saturated heterocycles. The normalized spacial score (nSPS) is 10.8. The number of amides is 2. The Bertz CT molecular complexity index is 1100. The van der Waals surface area contributed by atoms with Gasteiger partial charge in [0.05, 0.1) is 16.6 Å². The van der Waals surface area contributed by atoms with Crippen LogP contribution in [0.25, 0.3) is 10.2 Å². The van der Waals surface area contributed by atoms with E-state index in [0.29, 0.717) is 38.6 Å². The number of hydrogen-bond donors (Lipinski definition) is 2. The molecule has 0 aliphatic heterocycles. The van der Waals surface area contributed by atoms with Gasteiger partial charge in [-0.3, -0.25) is 19.0 Å². The van der Waals surface area contributed by atoms with Crippen molar-refractivity contribution in [2.24, 2.45) is 0 Å². The minimum absolute atomic E-state index is 0.112. The SMILES string of the molecule is CCCCn1cnc2sc(C(=O)Nc3cccc(NC(C)=O)c3)c(C)c2c1=O. The Morgan fingerprint density at radius 2 is 1.93 bits per heavy atom. The lowest BCUT2D eigenvalue weighted by molar-refractivity contribution is -0.114. The number of carbonyl (C=O) groups is 2. The summed E-state index contributed by atoms with van der Waals surface area (Å²) in [6.07, 6.45) is 3.43. The van der Waals surface area contributed by atoms with E-state index in [1.165, 1.54) is 18.3 Å². The van der Waals surface area contributed by atoms with Crippen molar-refractivity contribution in [3.63, 3.8) is 0 Å². The maximum Gasteiger partial charge on any atom is 0.266 e. The smallest absolute Gasteiger partial charge is 0.266 e. The number of benzene rings is 1. The van der Waals surface area contributed by atoms with Crippen molar-refractivity contribution in [1.29, 1.82) is 0 Å². The van der Waals surface area contributed by atoms with Crippen LogP contribution in [0.2, 0.25) is 0 Å². The molecule has 2 heterocycles. The second-order valence-electron chi connectivity index (χ2n) is 6.55. The molecule has 0 fully saturated rings. The lowest BCUT2D eigenvalue weighted by Crippen LogP contribution is -2.20. The van der Waals surface area contributed by atoms with Crippen molar-refractivity contribution in [2.75, 3.05) is 10.6 Å². The Kier molecular flexibility index (Phi) is 5.89. The highest BCUT2D eigenvalue weighted by Gasteiger charge is 2.19. The summed E-state index contributed by atoms with van der Waals surface area (Å²) < 4.78 is 1.60. The molecule has 3 aromatic rings. The average molecular weight is 398 g/mol. The first kappa shape index (κ1) is 19.8. The van der Waals surface area contributed by atoms with Gasteiger partial charge in [-0.25, -0.2) is 4.98 Å². The fraction of sp³-hybridized carbons (Fsp3) is 0.300. The van der Waals surface area contributed by atoms with Gasteiger partial charge in [0.25, 0.3) is 11.5 Å². The lowest BCUT2D eigenvalue weighted by Gasteiger charge is -2.07. The predicted molar refractivity (Wildman–Crippen MR) is 112 cm³/mol. The topological polar surface area (TPSA) is 93.1 Å². The van der Waals surface area contributed by atoms with E-state index in [4.69, 9.17) is 0 Å². The van der Waals surface area contributed by atoms with Gasteiger partial charge in [0.1, 0.15) is 4.83 Å². The first-order valence-corrected chi connectivity index (χ1v) is 9.90. The number of nitrogens with one attached hydrogen (secondary N) is 2. The first-order chi connectivity index (χ1) is 13.4. The molecule has 3 rings (SSSR count). The minimum Gasteiger partial charge on any atom is -0.326 e. The number of nitrogens with zero attached hydrogens (tertiary/aromatic N) is 2. The fourth-order valence-corrected chi connectivity index (χ4v) is 3.96. The number of aromatic nitrogens is 2. The van der Waals surface area contributed by atoms with E-state index in [-0.39, 0.29) is 17.4 Å². The molecule has 0 bridgehead atoms. The van der Waals surface area contributed by atoms with E-state index in [1.807, 2.05) is 0 Å². The number of thiophene rings is 1. The van der Waals surface area contributed by atoms with E-state index in [2.05, 4.69) is 22.5 Å². The van der Waals surface area contributed by atoms with Gasteiger partial charge >= 0.3 is 0 Å². The largest absolute Gasteiger partial charge is 0.326 e. The summed E-state index contributed by atoms with van der Waals surface area (Å²) in [5, 5.41) is 6.01. The zero-order valence-corrected chi connectivity index (χ0v) is 16.9. The van der Waals surface area contributed by atoms with Crippen molar-refractivity contribution in [3.8, 4) is 0 Å². The van der Waals surface area contributed by atoms with Crippen LogP contribution in [0.15, 0.2) is 35.4 Å². The predicted octanol–water partition coefficient (Wildman–Crippen LogP) is 3.78. The summed E-state index contributed by atoms with van der Waals surface area (Å²) in [6.45, 7) is 5.88. The van der Waals surface area contributed by atoms with Gasteiger partial charge < -0.3 is 10.6 Å². The molecule has 0 atom stereocenters. The van der Waals surface area contributed by atoms with Crippen LogP contribution in [0.4, 0.5) is 11.4 Å². The van der Waals surface area contributed by atoms with Crippen LogP contribution >= 0.6 is 11.3 Å². The van der Waals surface area contributed by atoms with Crippen molar-refractivity contribution < 1.29 is 9.59 Å². The molecular formula is C20H22N4O3S. The second-order valence-corrected chi connectivity index (χ2v) is 7.55. The number of aryl methyl sites for hydroxylation is 2. The molecule has 0 unspecified atom stereocenters. The number of rotatable bonds is 6. The molecule has 1 aromatic carbocycles. The summed E-state index contributed by atoms with van der Waals surface area (Å²) in [5.74, 6) is -0.491. The summed E-state index contributed by atoms with van der Waals surface area (Å²) in [5.41, 5.74) is 1.68. The van der Waals surface area contributed by atoms with Crippen LogP contribution in [0.5, 0.6) is 0 Å². The molecule has 7 nitrogen and oxygen atoms in total. The molecule has 146 valence electrons. The standard InChI is InChI=1S/C20H22N4O3S/c1-4-5-9-24-11-21-19-16(20(24)27)12(2)17(28-19)18(26)23-15-8-6-7-14(10-15)22-13(3)25/h6-8,10-11H,4-5,9H2,1-3H3,(H,22,25)(H,23,26). The maximum absolute atomic E-state index is 12.8. The molecule has 2 N–H and O–H groups in total. The van der Waals surface area contributed by atoms with Gasteiger partial charge in [-0.05, 0) is 37.1 Å². The highest BCUT2D eigenvalue weighted by molar-refractivity contribution is 7.20. The minimum atomic E-state index is -0.306. The van der Waals surface area contributed by atoms with Crippen molar-refractivity contribution in [3.05, 3.63) is 51.4 Å². The molecule has 8 heteroatoms. The lowest BCUT2D eigenvalue weighted by atomic mass is 10.2. The van der Waals surface area contributed by atoms with E-state index in [0.717, 1.165) is 12.8 Å². The van der Waals surface area contributed by atoms with Crippen LogP contribution in [0.3, 0.4) is 0 Å². The average Bonchev–Trinajstić information content (AvgIpc) is 2.98. The van der Waals surface area contributed by atoms with Crippen LogP contribution < -0.4 is 16.2 Å². The highest BCUT2D eigenvalue weighted by Crippen LogP contribution is 2.28. The summed E-state index contributed by atoms with van der Waals surface area (Å²) in [7, 11) is 0. The molecule has 0 aliphatic rings. The van der Waals surface area contributed by atoms with Gasteiger partial charge in [-0.1, -0.05) is 19.4 Å². The Morgan fingerprint density at radius 1 is 1.21 bits per heavy atom. The third kappa shape index (κ3) is 4.12. The molecule has 28 heavy (non-hydrogen) atoms. The Morgan fingerprint density at radius 3 is 2.61 bits per heavy atom. The zero-order valence-electron chi connectivity index (χ0n) is 16.0.